The van der Waals surface area contributed by atoms with Crippen molar-refractivity contribution in [1.82, 2.24) is 4.90 Å². The quantitative estimate of drug-likeness (QED) is 0.688. The fourth-order valence-corrected chi connectivity index (χ4v) is 1.45. The molecule has 2 unspecified atom stereocenters. The Kier molecular flexibility index (Phi) is 5.57. The molecule has 2 nitrogen and oxygen atoms in total. The Bertz CT molecular complexity index is 132. The van der Waals surface area contributed by atoms with Crippen LogP contribution in [0, 0.1) is 5.92 Å². The van der Waals surface area contributed by atoms with E-state index in [4.69, 9.17) is 5.73 Å². The van der Waals surface area contributed by atoms with Crippen molar-refractivity contribution in [1.29, 1.82) is 0 Å². The second-order valence-corrected chi connectivity index (χ2v) is 4.72. The SMILES string of the molecule is CCC(C)CN(C)CC(C)(N)CC. The topological polar surface area (TPSA) is 29.3 Å². The van der Waals surface area contributed by atoms with Gasteiger partial charge in [-0.1, -0.05) is 27.2 Å². The molecule has 0 aromatic rings. The summed E-state index contributed by atoms with van der Waals surface area (Å²) in [6, 6.07) is 0. The summed E-state index contributed by atoms with van der Waals surface area (Å²) >= 11 is 0. The highest BCUT2D eigenvalue weighted by atomic mass is 15.1. The van der Waals surface area contributed by atoms with E-state index < -0.39 is 0 Å². The molecule has 0 aromatic heterocycles. The lowest BCUT2D eigenvalue weighted by Gasteiger charge is -2.30. The van der Waals surface area contributed by atoms with Gasteiger partial charge in [-0.2, -0.15) is 0 Å². The van der Waals surface area contributed by atoms with E-state index in [9.17, 15) is 0 Å². The van der Waals surface area contributed by atoms with Crippen LogP contribution in [-0.4, -0.2) is 30.6 Å². The van der Waals surface area contributed by atoms with Crippen LogP contribution in [0.5, 0.6) is 0 Å². The second-order valence-electron chi connectivity index (χ2n) is 4.72. The second kappa shape index (κ2) is 5.61. The zero-order valence-corrected chi connectivity index (χ0v) is 9.93. The third-order valence-corrected chi connectivity index (χ3v) is 2.76. The molecule has 0 aliphatic carbocycles. The number of rotatable bonds is 6. The van der Waals surface area contributed by atoms with Gasteiger partial charge in [0.15, 0.2) is 0 Å². The van der Waals surface area contributed by atoms with E-state index in [-0.39, 0.29) is 5.54 Å². The smallest absolute Gasteiger partial charge is 0.0252 e. The van der Waals surface area contributed by atoms with E-state index in [0.717, 1.165) is 25.4 Å². The molecule has 0 radical (unpaired) electrons. The predicted molar refractivity (Wildman–Crippen MR) is 59.8 cm³/mol. The van der Waals surface area contributed by atoms with Crippen molar-refractivity contribution in [2.24, 2.45) is 11.7 Å². The zero-order chi connectivity index (χ0) is 10.5. The molecule has 0 fully saturated rings. The molecule has 0 saturated carbocycles. The first-order valence-corrected chi connectivity index (χ1v) is 5.38. The number of nitrogens with zero attached hydrogens (tertiary/aromatic N) is 1. The van der Waals surface area contributed by atoms with E-state index in [1.165, 1.54) is 6.42 Å². The maximum Gasteiger partial charge on any atom is 0.0252 e. The number of likely N-dealkylation sites (N-methyl/N-ethyl adjacent to an activating group) is 1. The van der Waals surface area contributed by atoms with Crippen LogP contribution in [0.3, 0.4) is 0 Å². The van der Waals surface area contributed by atoms with Gasteiger partial charge in [-0.15, -0.1) is 0 Å². The highest BCUT2D eigenvalue weighted by Gasteiger charge is 2.18. The summed E-state index contributed by atoms with van der Waals surface area (Å²) in [7, 11) is 2.16. The molecule has 0 aliphatic rings. The minimum absolute atomic E-state index is 0.0256. The molecule has 0 aliphatic heterocycles. The van der Waals surface area contributed by atoms with Crippen molar-refractivity contribution in [3.63, 3.8) is 0 Å². The maximum atomic E-state index is 6.09. The molecule has 2 heteroatoms. The summed E-state index contributed by atoms with van der Waals surface area (Å²) in [4.78, 5) is 2.34. The van der Waals surface area contributed by atoms with E-state index in [1.807, 2.05) is 0 Å². The maximum absolute atomic E-state index is 6.09. The lowest BCUT2D eigenvalue weighted by atomic mass is 9.99. The molecular formula is C11H26N2. The molecule has 0 saturated heterocycles. The zero-order valence-electron chi connectivity index (χ0n) is 9.93. The number of hydrogen-bond donors (Lipinski definition) is 1. The average molecular weight is 186 g/mol. The highest BCUT2D eigenvalue weighted by molar-refractivity contribution is 4.80. The summed E-state index contributed by atoms with van der Waals surface area (Å²) in [5, 5.41) is 0. The van der Waals surface area contributed by atoms with Crippen LogP contribution in [0.15, 0.2) is 0 Å². The Labute approximate surface area is 83.5 Å². The van der Waals surface area contributed by atoms with Gasteiger partial charge in [-0.25, -0.2) is 0 Å². The van der Waals surface area contributed by atoms with Gasteiger partial charge in [-0.3, -0.25) is 0 Å². The Balaban J connectivity index is 3.79. The van der Waals surface area contributed by atoms with E-state index in [0.29, 0.717) is 0 Å². The normalized spacial score (nSPS) is 18.7. The first-order chi connectivity index (χ1) is 5.91. The van der Waals surface area contributed by atoms with Crippen molar-refractivity contribution in [3.05, 3.63) is 0 Å². The fraction of sp³-hybridized carbons (Fsp3) is 1.00. The molecule has 0 aromatic carbocycles. The van der Waals surface area contributed by atoms with Gasteiger partial charge in [0.1, 0.15) is 0 Å². The van der Waals surface area contributed by atoms with Gasteiger partial charge in [-0.05, 0) is 26.3 Å². The van der Waals surface area contributed by atoms with Crippen LogP contribution in [0.1, 0.15) is 40.5 Å². The van der Waals surface area contributed by atoms with Gasteiger partial charge in [0.25, 0.3) is 0 Å². The van der Waals surface area contributed by atoms with Gasteiger partial charge >= 0.3 is 0 Å². The summed E-state index contributed by atoms with van der Waals surface area (Å²) in [5.41, 5.74) is 6.07. The van der Waals surface area contributed by atoms with Crippen LogP contribution in [0.4, 0.5) is 0 Å². The molecule has 0 rings (SSSR count). The third-order valence-electron chi connectivity index (χ3n) is 2.76. The summed E-state index contributed by atoms with van der Waals surface area (Å²) in [5.74, 6) is 0.776. The summed E-state index contributed by atoms with van der Waals surface area (Å²) in [6.07, 6.45) is 2.29. The Hall–Kier alpha value is -0.0800. The number of hydrogen-bond acceptors (Lipinski definition) is 2. The minimum atomic E-state index is -0.0256. The molecule has 2 atom stereocenters. The Morgan fingerprint density at radius 3 is 2.31 bits per heavy atom. The van der Waals surface area contributed by atoms with Crippen molar-refractivity contribution in [2.75, 3.05) is 20.1 Å². The van der Waals surface area contributed by atoms with Gasteiger partial charge < -0.3 is 10.6 Å². The third kappa shape index (κ3) is 6.05. The van der Waals surface area contributed by atoms with Crippen molar-refractivity contribution in [2.45, 2.75) is 46.1 Å². The van der Waals surface area contributed by atoms with E-state index in [1.54, 1.807) is 0 Å². The van der Waals surface area contributed by atoms with Crippen LogP contribution < -0.4 is 5.73 Å². The Morgan fingerprint density at radius 2 is 1.92 bits per heavy atom. The largest absolute Gasteiger partial charge is 0.324 e. The Morgan fingerprint density at radius 1 is 1.38 bits per heavy atom. The molecule has 0 heterocycles. The van der Waals surface area contributed by atoms with Crippen LogP contribution >= 0.6 is 0 Å². The first-order valence-electron chi connectivity index (χ1n) is 5.38. The molecular weight excluding hydrogens is 160 g/mol. The van der Waals surface area contributed by atoms with Crippen LogP contribution in [0.25, 0.3) is 0 Å². The molecule has 0 bridgehead atoms. The van der Waals surface area contributed by atoms with Crippen LogP contribution in [-0.2, 0) is 0 Å². The van der Waals surface area contributed by atoms with Gasteiger partial charge in [0.2, 0.25) is 0 Å². The van der Waals surface area contributed by atoms with E-state index in [2.05, 4.69) is 39.6 Å². The standard InChI is InChI=1S/C11H26N2/c1-6-10(3)8-13(5)9-11(4,12)7-2/h10H,6-9,12H2,1-5H3. The van der Waals surface area contributed by atoms with Gasteiger partial charge in [0, 0.05) is 18.6 Å². The molecule has 2 N–H and O–H groups in total. The average Bonchev–Trinajstić information content (AvgIpc) is 2.03. The lowest BCUT2D eigenvalue weighted by Crippen LogP contribution is -2.46. The van der Waals surface area contributed by atoms with Gasteiger partial charge in [0.05, 0.1) is 0 Å². The predicted octanol–water partition coefficient (Wildman–Crippen LogP) is 2.09. The molecule has 13 heavy (non-hydrogen) atoms. The molecule has 0 amide bonds. The number of nitrogens with two attached hydrogens (primary N) is 1. The lowest BCUT2D eigenvalue weighted by molar-refractivity contribution is 0.224. The molecule has 0 spiro atoms. The van der Waals surface area contributed by atoms with Crippen molar-refractivity contribution >= 4 is 0 Å². The first kappa shape index (κ1) is 12.9. The highest BCUT2D eigenvalue weighted by Crippen LogP contribution is 2.09. The van der Waals surface area contributed by atoms with Crippen LogP contribution in [0.2, 0.25) is 0 Å². The summed E-state index contributed by atoms with van der Waals surface area (Å²) < 4.78 is 0. The fourth-order valence-electron chi connectivity index (χ4n) is 1.45. The van der Waals surface area contributed by atoms with Crippen molar-refractivity contribution in [3.8, 4) is 0 Å². The summed E-state index contributed by atoms with van der Waals surface area (Å²) in [6.45, 7) is 10.9. The minimum Gasteiger partial charge on any atom is -0.324 e. The monoisotopic (exact) mass is 186 g/mol. The van der Waals surface area contributed by atoms with E-state index >= 15 is 0 Å². The van der Waals surface area contributed by atoms with Crippen molar-refractivity contribution < 1.29 is 0 Å². The molecule has 80 valence electrons.